The normalized spacial score (nSPS) is 13.4. The number of rotatable bonds is 7. The third kappa shape index (κ3) is 3.91. The van der Waals surface area contributed by atoms with E-state index in [9.17, 15) is 0 Å². The Hall–Kier alpha value is -3.61. The number of fused-ring (bicyclic) bond motifs is 1. The second-order valence-corrected chi connectivity index (χ2v) is 7.89. The summed E-state index contributed by atoms with van der Waals surface area (Å²) in [6.07, 6.45) is 6.09. The Kier molecular flexibility index (Phi) is 4.94. The first kappa shape index (κ1) is 19.4. The maximum Gasteiger partial charge on any atom is 0.124 e. The molecule has 2 aromatic heterocycles. The van der Waals surface area contributed by atoms with Crippen molar-refractivity contribution in [3.63, 3.8) is 0 Å². The van der Waals surface area contributed by atoms with Gasteiger partial charge in [-0.3, -0.25) is 9.67 Å². The highest BCUT2D eigenvalue weighted by molar-refractivity contribution is 5.82. The van der Waals surface area contributed by atoms with Crippen molar-refractivity contribution in [1.82, 2.24) is 19.7 Å². The predicted molar refractivity (Wildman–Crippen MR) is 121 cm³/mol. The molecule has 1 aliphatic rings. The van der Waals surface area contributed by atoms with Gasteiger partial charge < -0.3 is 14.4 Å². The summed E-state index contributed by atoms with van der Waals surface area (Å²) < 4.78 is 12.8. The van der Waals surface area contributed by atoms with E-state index in [1.54, 1.807) is 26.6 Å². The first-order valence-corrected chi connectivity index (χ1v) is 10.4. The Morgan fingerprint density at radius 3 is 2.39 bits per heavy atom. The molecule has 2 heterocycles. The molecule has 1 saturated carbocycles. The second kappa shape index (κ2) is 7.91. The maximum absolute atomic E-state index is 5.51. The molecule has 0 N–H and O–H groups in total. The summed E-state index contributed by atoms with van der Waals surface area (Å²) in [5.41, 5.74) is 5.58. The predicted octanol–water partition coefficient (Wildman–Crippen LogP) is 4.60. The first-order valence-electron chi connectivity index (χ1n) is 10.4. The van der Waals surface area contributed by atoms with Gasteiger partial charge in [-0.05, 0) is 43.0 Å². The lowest BCUT2D eigenvalue weighted by atomic mass is 10.1. The van der Waals surface area contributed by atoms with Gasteiger partial charge in [-0.2, -0.15) is 5.10 Å². The summed E-state index contributed by atoms with van der Waals surface area (Å²) in [6.45, 7) is 0.941. The van der Waals surface area contributed by atoms with E-state index in [0.717, 1.165) is 51.8 Å². The van der Waals surface area contributed by atoms with Gasteiger partial charge in [0.05, 0.1) is 37.1 Å². The second-order valence-electron chi connectivity index (χ2n) is 7.89. The van der Waals surface area contributed by atoms with Gasteiger partial charge in [0.1, 0.15) is 17.2 Å². The summed E-state index contributed by atoms with van der Waals surface area (Å²) in [4.78, 5) is 11.8. The highest BCUT2D eigenvalue weighted by Crippen LogP contribution is 2.38. The molecular formula is C24H25N5O2. The standard InChI is InChI=1S/C24H25N5O2/c1-28-24(8-9-26-28)23-14-25-21-7-6-17(12-22(21)27-23)29(15-16-4-5-16)18-10-19(30-2)13-20(11-18)31-3/h6-14,16H,4-5,15H2,1-3H3. The molecule has 1 aliphatic carbocycles. The van der Waals surface area contributed by atoms with E-state index in [2.05, 4.69) is 27.1 Å². The lowest BCUT2D eigenvalue weighted by molar-refractivity contribution is 0.394. The molecule has 0 aliphatic heterocycles. The van der Waals surface area contributed by atoms with E-state index < -0.39 is 0 Å². The summed E-state index contributed by atoms with van der Waals surface area (Å²) in [7, 11) is 5.26. The van der Waals surface area contributed by atoms with Crippen molar-refractivity contribution < 1.29 is 9.47 Å². The minimum atomic E-state index is 0.694. The van der Waals surface area contributed by atoms with Crippen LogP contribution < -0.4 is 14.4 Å². The molecule has 1 fully saturated rings. The van der Waals surface area contributed by atoms with Crippen LogP contribution in [0.25, 0.3) is 22.4 Å². The molecule has 0 amide bonds. The Bertz CT molecular complexity index is 1210. The molecule has 0 saturated heterocycles. The van der Waals surface area contributed by atoms with Crippen molar-refractivity contribution in [2.75, 3.05) is 25.7 Å². The zero-order valence-corrected chi connectivity index (χ0v) is 17.9. The molecule has 0 spiro atoms. The zero-order chi connectivity index (χ0) is 21.4. The number of anilines is 2. The van der Waals surface area contributed by atoms with Gasteiger partial charge in [-0.1, -0.05) is 0 Å². The molecule has 2 aromatic carbocycles. The van der Waals surface area contributed by atoms with Crippen LogP contribution in [0, 0.1) is 5.92 Å². The van der Waals surface area contributed by atoms with Crippen LogP contribution in [-0.4, -0.2) is 40.5 Å². The molecule has 0 bridgehead atoms. The SMILES string of the molecule is COc1cc(OC)cc(N(CC2CC2)c2ccc3ncc(-c4ccnn4C)nc3c2)c1. The molecule has 5 rings (SSSR count). The van der Waals surface area contributed by atoms with E-state index in [4.69, 9.17) is 14.5 Å². The average Bonchev–Trinajstić information content (AvgIpc) is 3.53. The lowest BCUT2D eigenvalue weighted by Crippen LogP contribution is -2.20. The Morgan fingerprint density at radius 2 is 1.74 bits per heavy atom. The van der Waals surface area contributed by atoms with E-state index in [-0.39, 0.29) is 0 Å². The first-order chi connectivity index (χ1) is 15.1. The van der Waals surface area contributed by atoms with Crippen molar-refractivity contribution >= 4 is 22.4 Å². The van der Waals surface area contributed by atoms with Crippen LogP contribution in [0.4, 0.5) is 11.4 Å². The number of hydrogen-bond acceptors (Lipinski definition) is 6. The number of methoxy groups -OCH3 is 2. The van der Waals surface area contributed by atoms with Crippen LogP contribution in [-0.2, 0) is 7.05 Å². The minimum Gasteiger partial charge on any atom is -0.497 e. The zero-order valence-electron chi connectivity index (χ0n) is 17.9. The van der Waals surface area contributed by atoms with Gasteiger partial charge in [0.15, 0.2) is 0 Å². The van der Waals surface area contributed by atoms with E-state index >= 15 is 0 Å². The lowest BCUT2D eigenvalue weighted by Gasteiger charge is -2.26. The van der Waals surface area contributed by atoms with E-state index in [0.29, 0.717) is 5.92 Å². The van der Waals surface area contributed by atoms with Crippen LogP contribution >= 0.6 is 0 Å². The molecule has 7 heteroatoms. The molecule has 0 unspecified atom stereocenters. The fourth-order valence-electron chi connectivity index (χ4n) is 3.78. The topological polar surface area (TPSA) is 65.3 Å². The quantitative estimate of drug-likeness (QED) is 0.440. The molecule has 0 radical (unpaired) electrons. The van der Waals surface area contributed by atoms with Gasteiger partial charge >= 0.3 is 0 Å². The van der Waals surface area contributed by atoms with Crippen LogP contribution in [0.5, 0.6) is 11.5 Å². The Labute approximate surface area is 181 Å². The minimum absolute atomic E-state index is 0.694. The third-order valence-electron chi connectivity index (χ3n) is 5.71. The van der Waals surface area contributed by atoms with Gasteiger partial charge in [0.2, 0.25) is 0 Å². The highest BCUT2D eigenvalue weighted by Gasteiger charge is 2.26. The molecule has 7 nitrogen and oxygen atoms in total. The van der Waals surface area contributed by atoms with Crippen molar-refractivity contribution in [1.29, 1.82) is 0 Å². The van der Waals surface area contributed by atoms with Crippen LogP contribution in [0.2, 0.25) is 0 Å². The average molecular weight is 415 g/mol. The van der Waals surface area contributed by atoms with Gasteiger partial charge in [0, 0.05) is 49.4 Å². The van der Waals surface area contributed by atoms with Crippen molar-refractivity contribution in [2.45, 2.75) is 12.8 Å². The van der Waals surface area contributed by atoms with Gasteiger partial charge in [-0.25, -0.2) is 4.98 Å². The van der Waals surface area contributed by atoms with Crippen LogP contribution in [0.15, 0.2) is 54.9 Å². The smallest absolute Gasteiger partial charge is 0.124 e. The molecule has 0 atom stereocenters. The van der Waals surface area contributed by atoms with E-state index in [1.165, 1.54) is 12.8 Å². The fraction of sp³-hybridized carbons (Fsp3) is 0.292. The summed E-state index contributed by atoms with van der Waals surface area (Å²) in [5, 5.41) is 4.25. The number of aryl methyl sites for hydroxylation is 1. The number of nitrogens with zero attached hydrogens (tertiary/aromatic N) is 5. The Morgan fingerprint density at radius 1 is 0.968 bits per heavy atom. The van der Waals surface area contributed by atoms with Gasteiger partial charge in [0.25, 0.3) is 0 Å². The highest BCUT2D eigenvalue weighted by atomic mass is 16.5. The number of ether oxygens (including phenoxy) is 2. The largest absolute Gasteiger partial charge is 0.497 e. The number of hydrogen-bond donors (Lipinski definition) is 0. The summed E-state index contributed by atoms with van der Waals surface area (Å²) >= 11 is 0. The van der Waals surface area contributed by atoms with Crippen molar-refractivity contribution in [3.8, 4) is 22.9 Å². The molecule has 31 heavy (non-hydrogen) atoms. The van der Waals surface area contributed by atoms with Crippen molar-refractivity contribution in [3.05, 3.63) is 54.9 Å². The monoisotopic (exact) mass is 415 g/mol. The van der Waals surface area contributed by atoms with Crippen LogP contribution in [0.1, 0.15) is 12.8 Å². The molecular weight excluding hydrogens is 390 g/mol. The van der Waals surface area contributed by atoms with Crippen molar-refractivity contribution in [2.24, 2.45) is 13.0 Å². The summed E-state index contributed by atoms with van der Waals surface area (Å²) in [6, 6.07) is 14.2. The van der Waals surface area contributed by atoms with Gasteiger partial charge in [-0.15, -0.1) is 0 Å². The number of benzene rings is 2. The maximum atomic E-state index is 5.51. The Balaban J connectivity index is 1.59. The summed E-state index contributed by atoms with van der Waals surface area (Å²) in [5.74, 6) is 2.24. The fourth-order valence-corrected chi connectivity index (χ4v) is 3.78. The molecule has 4 aromatic rings. The third-order valence-corrected chi connectivity index (χ3v) is 5.71. The van der Waals surface area contributed by atoms with Crippen LogP contribution in [0.3, 0.4) is 0 Å². The number of aromatic nitrogens is 4. The molecule has 158 valence electrons. The van der Waals surface area contributed by atoms with E-state index in [1.807, 2.05) is 42.1 Å².